The van der Waals surface area contributed by atoms with Crippen molar-refractivity contribution in [2.45, 2.75) is 46.5 Å². The second-order valence-electron chi connectivity index (χ2n) is 4.84. The lowest BCUT2D eigenvalue weighted by Crippen LogP contribution is -2.09. The topological polar surface area (TPSA) is 32.9 Å². The molecule has 1 heterocycles. The van der Waals surface area contributed by atoms with Crippen LogP contribution in [0.1, 0.15) is 54.0 Å². The summed E-state index contributed by atoms with van der Waals surface area (Å²) in [6.45, 7) is 6.26. The van der Waals surface area contributed by atoms with E-state index in [1.54, 1.807) is 0 Å². The van der Waals surface area contributed by atoms with Crippen LogP contribution in [0.3, 0.4) is 0 Å². The number of aryl methyl sites for hydroxylation is 1. The van der Waals surface area contributed by atoms with Gasteiger partial charge in [-0.05, 0) is 39.2 Å². The maximum absolute atomic E-state index is 11.8. The van der Waals surface area contributed by atoms with Crippen molar-refractivity contribution in [3.05, 3.63) is 34.2 Å². The van der Waals surface area contributed by atoms with E-state index in [1.807, 2.05) is 0 Å². The van der Waals surface area contributed by atoms with E-state index in [-0.39, 0.29) is 0 Å². The van der Waals surface area contributed by atoms with E-state index in [2.05, 4.69) is 31.8 Å². The summed E-state index contributed by atoms with van der Waals surface area (Å²) in [6, 6.07) is 0. The Morgan fingerprint density at radius 1 is 1.38 bits per heavy atom. The molecule has 2 rings (SSSR count). The average Bonchev–Trinajstić information content (AvgIpc) is 2.54. The molecule has 0 aliphatic heterocycles. The van der Waals surface area contributed by atoms with Crippen LogP contribution in [0.15, 0.2) is 11.6 Å². The van der Waals surface area contributed by atoms with Crippen molar-refractivity contribution in [3.8, 4) is 0 Å². The summed E-state index contributed by atoms with van der Waals surface area (Å²) in [6.07, 6.45) is 5.85. The van der Waals surface area contributed by atoms with Crippen LogP contribution in [0.2, 0.25) is 0 Å². The van der Waals surface area contributed by atoms with Crippen LogP contribution in [0, 0.1) is 6.92 Å². The highest BCUT2D eigenvalue weighted by atomic mass is 16.1. The fraction of sp³-hybridized carbons (Fsp3) is 0.500. The third-order valence-electron chi connectivity index (χ3n) is 3.26. The van der Waals surface area contributed by atoms with Gasteiger partial charge in [-0.2, -0.15) is 0 Å². The molecule has 0 saturated heterocycles. The number of carbonyl (C=O) groups is 1. The van der Waals surface area contributed by atoms with Gasteiger partial charge in [0.1, 0.15) is 0 Å². The molecule has 0 radical (unpaired) electrons. The van der Waals surface area contributed by atoms with E-state index >= 15 is 0 Å². The first-order chi connectivity index (χ1) is 7.59. The van der Waals surface area contributed by atoms with Crippen LogP contribution in [0.4, 0.5) is 0 Å². The predicted octanol–water partition coefficient (Wildman–Crippen LogP) is 3.35. The molecule has 2 heteroatoms. The molecule has 86 valence electrons. The summed E-state index contributed by atoms with van der Waals surface area (Å²) in [5.74, 6) is 0.318. The Balaban J connectivity index is 2.35. The minimum Gasteiger partial charge on any atom is -0.361 e. The van der Waals surface area contributed by atoms with Crippen molar-refractivity contribution in [2.75, 3.05) is 0 Å². The Hall–Kier alpha value is -1.31. The van der Waals surface area contributed by atoms with Crippen LogP contribution >= 0.6 is 0 Å². The predicted molar refractivity (Wildman–Crippen MR) is 65.9 cm³/mol. The highest BCUT2D eigenvalue weighted by Gasteiger charge is 2.22. The number of hydrogen-bond donors (Lipinski definition) is 1. The quantitative estimate of drug-likeness (QED) is 0.757. The number of hydrogen-bond acceptors (Lipinski definition) is 1. The maximum Gasteiger partial charge on any atom is 0.164 e. The van der Waals surface area contributed by atoms with Crippen LogP contribution in [0.5, 0.6) is 0 Å². The summed E-state index contributed by atoms with van der Waals surface area (Å²) >= 11 is 0. The first-order valence-electron chi connectivity index (χ1n) is 5.96. The van der Waals surface area contributed by atoms with Crippen LogP contribution in [0.25, 0.3) is 0 Å². The fourth-order valence-electron chi connectivity index (χ4n) is 2.34. The second kappa shape index (κ2) is 4.28. The molecular weight excluding hydrogens is 198 g/mol. The molecule has 0 unspecified atom stereocenters. The Bertz CT molecular complexity index is 448. The third-order valence-corrected chi connectivity index (χ3v) is 3.26. The lowest BCUT2D eigenvalue weighted by atomic mass is 9.93. The maximum atomic E-state index is 11.8. The molecule has 0 amide bonds. The van der Waals surface area contributed by atoms with Crippen molar-refractivity contribution in [1.82, 2.24) is 4.98 Å². The number of rotatable bonds is 2. The molecule has 16 heavy (non-hydrogen) atoms. The molecule has 1 aromatic heterocycles. The summed E-state index contributed by atoms with van der Waals surface area (Å²) < 4.78 is 0. The second-order valence-corrected chi connectivity index (χ2v) is 4.84. The number of aromatic nitrogens is 1. The summed E-state index contributed by atoms with van der Waals surface area (Å²) in [4.78, 5) is 15.2. The van der Waals surface area contributed by atoms with Crippen molar-refractivity contribution in [1.29, 1.82) is 0 Å². The summed E-state index contributed by atoms with van der Waals surface area (Å²) in [5.41, 5.74) is 5.83. The molecule has 0 bridgehead atoms. The van der Waals surface area contributed by atoms with Gasteiger partial charge in [-0.15, -0.1) is 0 Å². The largest absolute Gasteiger partial charge is 0.361 e. The van der Waals surface area contributed by atoms with E-state index in [0.29, 0.717) is 12.2 Å². The van der Waals surface area contributed by atoms with Gasteiger partial charge in [-0.25, -0.2) is 0 Å². The highest BCUT2D eigenvalue weighted by Crippen LogP contribution is 2.26. The number of aromatic amines is 1. The Morgan fingerprint density at radius 3 is 2.75 bits per heavy atom. The zero-order valence-corrected chi connectivity index (χ0v) is 10.3. The molecule has 0 aromatic carbocycles. The van der Waals surface area contributed by atoms with Gasteiger partial charge in [0.15, 0.2) is 5.78 Å². The van der Waals surface area contributed by atoms with E-state index in [9.17, 15) is 4.79 Å². The summed E-state index contributed by atoms with van der Waals surface area (Å²) in [5, 5.41) is 0. The van der Waals surface area contributed by atoms with E-state index in [4.69, 9.17) is 0 Å². The van der Waals surface area contributed by atoms with Gasteiger partial charge in [0.05, 0.1) is 0 Å². The minimum atomic E-state index is 0.318. The van der Waals surface area contributed by atoms with E-state index in [0.717, 1.165) is 36.1 Å². The summed E-state index contributed by atoms with van der Waals surface area (Å²) in [7, 11) is 0. The number of H-pyrrole nitrogens is 1. The van der Waals surface area contributed by atoms with Gasteiger partial charge >= 0.3 is 0 Å². The zero-order chi connectivity index (χ0) is 11.7. The van der Waals surface area contributed by atoms with Crippen molar-refractivity contribution in [3.63, 3.8) is 0 Å². The Morgan fingerprint density at radius 2 is 2.12 bits per heavy atom. The molecule has 1 aliphatic rings. The molecule has 0 atom stereocenters. The van der Waals surface area contributed by atoms with Crippen molar-refractivity contribution in [2.24, 2.45) is 0 Å². The fourth-order valence-corrected chi connectivity index (χ4v) is 2.34. The molecule has 1 aromatic rings. The number of fused-ring (bicyclic) bond motifs is 1. The third kappa shape index (κ3) is 1.97. The monoisotopic (exact) mass is 217 g/mol. The molecular formula is C14H19NO. The molecule has 0 saturated carbocycles. The van der Waals surface area contributed by atoms with Gasteiger partial charge in [-0.1, -0.05) is 11.6 Å². The molecule has 1 aliphatic carbocycles. The molecule has 0 spiro atoms. The lowest BCUT2D eigenvalue weighted by molar-refractivity contribution is 0.0972. The minimum absolute atomic E-state index is 0.318. The van der Waals surface area contributed by atoms with Crippen molar-refractivity contribution >= 4 is 5.78 Å². The molecule has 1 N–H and O–H groups in total. The Labute approximate surface area is 96.8 Å². The lowest BCUT2D eigenvalue weighted by Gasteiger charge is -2.09. The molecule has 0 fully saturated rings. The van der Waals surface area contributed by atoms with E-state index < -0.39 is 0 Å². The van der Waals surface area contributed by atoms with Gasteiger partial charge in [-0.3, -0.25) is 4.79 Å². The average molecular weight is 217 g/mol. The number of allylic oxidation sites excluding steroid dienone is 2. The van der Waals surface area contributed by atoms with Crippen LogP contribution < -0.4 is 0 Å². The van der Waals surface area contributed by atoms with Gasteiger partial charge in [0, 0.05) is 29.8 Å². The SMILES string of the molecule is CC(C)=CCc1[nH]c2c(c1C)C(=O)CCC2. The number of nitrogens with one attached hydrogen (secondary N) is 1. The van der Waals surface area contributed by atoms with E-state index in [1.165, 1.54) is 11.3 Å². The number of Topliss-reactive ketones (excluding diaryl/α,β-unsaturated/α-hetero) is 1. The normalized spacial score (nSPS) is 14.8. The number of ketones is 1. The van der Waals surface area contributed by atoms with Crippen LogP contribution in [-0.4, -0.2) is 10.8 Å². The smallest absolute Gasteiger partial charge is 0.164 e. The van der Waals surface area contributed by atoms with Gasteiger partial charge in [0.2, 0.25) is 0 Å². The standard InChI is InChI=1S/C14H19NO/c1-9(2)7-8-11-10(3)14-12(15-11)5-4-6-13(14)16/h7,15H,4-6,8H2,1-3H3. The first kappa shape index (κ1) is 11.2. The van der Waals surface area contributed by atoms with Crippen molar-refractivity contribution < 1.29 is 4.79 Å². The van der Waals surface area contributed by atoms with Gasteiger partial charge < -0.3 is 4.98 Å². The molecule has 2 nitrogen and oxygen atoms in total. The highest BCUT2D eigenvalue weighted by molar-refractivity contribution is 5.99. The van der Waals surface area contributed by atoms with Gasteiger partial charge in [0.25, 0.3) is 0 Å². The zero-order valence-electron chi connectivity index (χ0n) is 10.3. The Kier molecular flexibility index (Phi) is 2.99. The van der Waals surface area contributed by atoms with Crippen LogP contribution in [-0.2, 0) is 12.8 Å². The number of carbonyl (C=O) groups excluding carboxylic acids is 1. The first-order valence-corrected chi connectivity index (χ1v) is 5.96.